The van der Waals surface area contributed by atoms with Gasteiger partial charge in [0.25, 0.3) is 0 Å². The first-order chi connectivity index (χ1) is 12.3. The van der Waals surface area contributed by atoms with Gasteiger partial charge in [-0.05, 0) is 18.1 Å². The van der Waals surface area contributed by atoms with Crippen LogP contribution in [0.15, 0.2) is 60.8 Å². The van der Waals surface area contributed by atoms with E-state index in [1.807, 2.05) is 18.2 Å². The quantitative estimate of drug-likeness (QED) is 0.776. The smallest absolute Gasteiger partial charge is 0.135 e. The van der Waals surface area contributed by atoms with Gasteiger partial charge in [-0.15, -0.1) is 0 Å². The van der Waals surface area contributed by atoms with Gasteiger partial charge < -0.3 is 14.6 Å². The van der Waals surface area contributed by atoms with E-state index in [9.17, 15) is 0 Å². The summed E-state index contributed by atoms with van der Waals surface area (Å²) in [6.07, 6.45) is 2.32. The Bertz CT molecular complexity index is 841. The van der Waals surface area contributed by atoms with Crippen molar-refractivity contribution in [3.63, 3.8) is 0 Å². The van der Waals surface area contributed by atoms with Gasteiger partial charge in [-0.25, -0.2) is 4.98 Å². The minimum absolute atomic E-state index is 0.175. The number of aryl methyl sites for hydroxylation is 1. The third kappa shape index (κ3) is 3.65. The maximum Gasteiger partial charge on any atom is 0.135 e. The van der Waals surface area contributed by atoms with E-state index in [0.717, 1.165) is 36.7 Å². The third-order valence-electron chi connectivity index (χ3n) is 4.73. The Kier molecular flexibility index (Phi) is 4.63. The second-order valence-electron chi connectivity index (χ2n) is 6.55. The summed E-state index contributed by atoms with van der Waals surface area (Å²) in [7, 11) is 0. The fourth-order valence-corrected chi connectivity index (χ4v) is 3.24. The maximum atomic E-state index is 5.98. The summed E-state index contributed by atoms with van der Waals surface area (Å²) in [5, 5.41) is 3.52. The van der Waals surface area contributed by atoms with Gasteiger partial charge in [0.15, 0.2) is 0 Å². The van der Waals surface area contributed by atoms with Gasteiger partial charge in [-0.1, -0.05) is 54.6 Å². The number of rotatable bonds is 5. The Morgan fingerprint density at radius 2 is 1.92 bits per heavy atom. The van der Waals surface area contributed by atoms with Gasteiger partial charge in [0.1, 0.15) is 12.4 Å². The van der Waals surface area contributed by atoms with Crippen molar-refractivity contribution in [1.29, 1.82) is 0 Å². The lowest BCUT2D eigenvalue weighted by Gasteiger charge is -2.24. The molecule has 1 atom stereocenters. The third-order valence-corrected chi connectivity index (χ3v) is 4.73. The number of nitrogens with zero attached hydrogens (tertiary/aromatic N) is 2. The number of imidazole rings is 1. The lowest BCUT2D eigenvalue weighted by Crippen LogP contribution is -2.36. The molecule has 4 nitrogen and oxygen atoms in total. The number of hydrogen-bond acceptors (Lipinski definition) is 3. The first-order valence-corrected chi connectivity index (χ1v) is 8.78. The van der Waals surface area contributed by atoms with Crippen LogP contribution in [0.25, 0.3) is 11.3 Å². The van der Waals surface area contributed by atoms with Crippen molar-refractivity contribution in [2.45, 2.75) is 32.7 Å². The normalized spacial score (nSPS) is 16.6. The molecule has 1 N–H and O–H groups in total. The molecule has 3 aromatic rings. The number of nitrogens with one attached hydrogen (secondary N) is 1. The maximum absolute atomic E-state index is 5.98. The second kappa shape index (κ2) is 7.21. The lowest BCUT2D eigenvalue weighted by atomic mass is 10.1. The SMILES string of the molecule is Cc1ccccc1CNC[C@H]1Cn2cc(-c3ccccc3)nc2CO1. The highest BCUT2D eigenvalue weighted by Crippen LogP contribution is 2.22. The Hall–Kier alpha value is -2.43. The summed E-state index contributed by atoms with van der Waals surface area (Å²) in [4.78, 5) is 4.71. The topological polar surface area (TPSA) is 39.1 Å². The Labute approximate surface area is 148 Å². The van der Waals surface area contributed by atoms with Crippen LogP contribution in [0.4, 0.5) is 0 Å². The van der Waals surface area contributed by atoms with Crippen LogP contribution in [-0.2, 0) is 24.4 Å². The molecule has 2 aromatic carbocycles. The van der Waals surface area contributed by atoms with E-state index in [1.165, 1.54) is 11.1 Å². The predicted molar refractivity (Wildman–Crippen MR) is 99.1 cm³/mol. The molecule has 1 aliphatic rings. The molecule has 0 saturated carbocycles. The van der Waals surface area contributed by atoms with Crippen LogP contribution < -0.4 is 5.32 Å². The van der Waals surface area contributed by atoms with E-state index in [0.29, 0.717) is 6.61 Å². The van der Waals surface area contributed by atoms with Crippen molar-refractivity contribution in [3.8, 4) is 11.3 Å². The van der Waals surface area contributed by atoms with E-state index in [4.69, 9.17) is 9.72 Å². The summed E-state index contributed by atoms with van der Waals surface area (Å²) < 4.78 is 8.20. The molecule has 0 radical (unpaired) electrons. The average molecular weight is 333 g/mol. The molecule has 0 amide bonds. The number of fused-ring (bicyclic) bond motifs is 1. The second-order valence-corrected chi connectivity index (χ2v) is 6.55. The minimum Gasteiger partial charge on any atom is -0.367 e. The molecule has 1 aromatic heterocycles. The molecule has 0 fully saturated rings. The van der Waals surface area contributed by atoms with Gasteiger partial charge in [-0.2, -0.15) is 0 Å². The van der Waals surface area contributed by atoms with Crippen molar-refractivity contribution in [2.75, 3.05) is 6.54 Å². The first kappa shape index (κ1) is 16.1. The number of benzene rings is 2. The van der Waals surface area contributed by atoms with E-state index in [2.05, 4.69) is 59.4 Å². The highest BCUT2D eigenvalue weighted by molar-refractivity contribution is 5.58. The number of ether oxygens (including phenoxy) is 1. The summed E-state index contributed by atoms with van der Waals surface area (Å²) >= 11 is 0. The average Bonchev–Trinajstić information content (AvgIpc) is 3.07. The molecule has 25 heavy (non-hydrogen) atoms. The van der Waals surface area contributed by atoms with Crippen molar-refractivity contribution in [1.82, 2.24) is 14.9 Å². The van der Waals surface area contributed by atoms with Gasteiger partial charge in [0.05, 0.1) is 18.3 Å². The first-order valence-electron chi connectivity index (χ1n) is 8.78. The Morgan fingerprint density at radius 1 is 1.12 bits per heavy atom. The van der Waals surface area contributed by atoms with Gasteiger partial charge >= 0.3 is 0 Å². The zero-order valence-electron chi connectivity index (χ0n) is 14.5. The van der Waals surface area contributed by atoms with Crippen molar-refractivity contribution >= 4 is 0 Å². The lowest BCUT2D eigenvalue weighted by molar-refractivity contribution is 0.00277. The van der Waals surface area contributed by atoms with Crippen LogP contribution >= 0.6 is 0 Å². The predicted octanol–water partition coefficient (Wildman–Crippen LogP) is 3.55. The molecular formula is C21H23N3O. The fourth-order valence-electron chi connectivity index (χ4n) is 3.24. The largest absolute Gasteiger partial charge is 0.367 e. The van der Waals surface area contributed by atoms with E-state index in [1.54, 1.807) is 0 Å². The molecule has 0 saturated heterocycles. The molecule has 4 heteroatoms. The van der Waals surface area contributed by atoms with Crippen LogP contribution in [-0.4, -0.2) is 22.2 Å². The molecule has 2 heterocycles. The zero-order valence-corrected chi connectivity index (χ0v) is 14.5. The molecular weight excluding hydrogens is 310 g/mol. The molecule has 1 aliphatic heterocycles. The van der Waals surface area contributed by atoms with Crippen LogP contribution in [0.1, 0.15) is 17.0 Å². The monoisotopic (exact) mass is 333 g/mol. The van der Waals surface area contributed by atoms with Gasteiger partial charge in [-0.3, -0.25) is 0 Å². The summed E-state index contributed by atoms with van der Waals surface area (Å²) in [5.41, 5.74) is 4.84. The molecule has 0 spiro atoms. The summed E-state index contributed by atoms with van der Waals surface area (Å²) in [5.74, 6) is 1.01. The van der Waals surface area contributed by atoms with Crippen LogP contribution in [0.2, 0.25) is 0 Å². The van der Waals surface area contributed by atoms with E-state index in [-0.39, 0.29) is 6.10 Å². The van der Waals surface area contributed by atoms with E-state index >= 15 is 0 Å². The molecule has 0 aliphatic carbocycles. The molecule has 4 rings (SSSR count). The van der Waals surface area contributed by atoms with Crippen molar-refractivity contribution in [3.05, 3.63) is 77.7 Å². The van der Waals surface area contributed by atoms with Crippen LogP contribution in [0, 0.1) is 6.92 Å². The zero-order chi connectivity index (χ0) is 17.1. The molecule has 0 bridgehead atoms. The van der Waals surface area contributed by atoms with Crippen LogP contribution in [0.3, 0.4) is 0 Å². The number of hydrogen-bond donors (Lipinski definition) is 1. The molecule has 128 valence electrons. The van der Waals surface area contributed by atoms with Crippen molar-refractivity contribution in [2.24, 2.45) is 0 Å². The number of aromatic nitrogens is 2. The highest BCUT2D eigenvalue weighted by Gasteiger charge is 2.21. The van der Waals surface area contributed by atoms with Crippen LogP contribution in [0.5, 0.6) is 0 Å². The highest BCUT2D eigenvalue weighted by atomic mass is 16.5. The summed E-state index contributed by atoms with van der Waals surface area (Å²) in [6.45, 7) is 5.28. The van der Waals surface area contributed by atoms with Crippen molar-refractivity contribution < 1.29 is 4.74 Å². The summed E-state index contributed by atoms with van der Waals surface area (Å²) in [6, 6.07) is 18.8. The fraction of sp³-hybridized carbons (Fsp3) is 0.286. The molecule has 0 unspecified atom stereocenters. The van der Waals surface area contributed by atoms with Gasteiger partial charge in [0.2, 0.25) is 0 Å². The standard InChI is InChI=1S/C21H23N3O/c1-16-7-5-6-10-18(16)11-22-12-19-13-24-14-20(23-21(24)15-25-19)17-8-3-2-4-9-17/h2-10,14,19,22H,11-13,15H2,1H3/t19-/m0/s1. The van der Waals surface area contributed by atoms with Gasteiger partial charge in [0, 0.05) is 24.8 Å². The Morgan fingerprint density at radius 3 is 2.76 bits per heavy atom. The van der Waals surface area contributed by atoms with E-state index < -0.39 is 0 Å². The minimum atomic E-state index is 0.175. The Balaban J connectivity index is 1.37.